The smallest absolute Gasteiger partial charge is 0.194 e. The summed E-state index contributed by atoms with van der Waals surface area (Å²) in [6, 6.07) is 10.8. The van der Waals surface area contributed by atoms with Crippen molar-refractivity contribution in [2.24, 2.45) is 0 Å². The molecule has 3 heteroatoms. The molecule has 0 spiro atoms. The van der Waals surface area contributed by atoms with Gasteiger partial charge in [-0.15, -0.1) is 0 Å². The molecule has 0 radical (unpaired) electrons. The van der Waals surface area contributed by atoms with E-state index in [0.29, 0.717) is 21.2 Å². The van der Waals surface area contributed by atoms with Crippen molar-refractivity contribution in [1.82, 2.24) is 0 Å². The minimum atomic E-state index is -0.0972. The lowest BCUT2D eigenvalue weighted by Gasteiger charge is -2.08. The topological polar surface area (TPSA) is 17.1 Å². The van der Waals surface area contributed by atoms with Crippen molar-refractivity contribution < 1.29 is 4.79 Å². The molecule has 0 heterocycles. The van der Waals surface area contributed by atoms with E-state index in [1.165, 1.54) is 0 Å². The molecule has 2 rings (SSSR count). The lowest BCUT2D eigenvalue weighted by atomic mass is 9.97. The van der Waals surface area contributed by atoms with E-state index in [9.17, 15) is 4.79 Å². The summed E-state index contributed by atoms with van der Waals surface area (Å²) >= 11 is 12.0. The second kappa shape index (κ2) is 5.13. The number of carbonyl (C=O) groups excluding carboxylic acids is 1. The number of hydrogen-bond donors (Lipinski definition) is 0. The molecule has 0 aliphatic carbocycles. The number of benzene rings is 2. The maximum Gasteiger partial charge on any atom is 0.194 e. The van der Waals surface area contributed by atoms with Crippen molar-refractivity contribution >= 4 is 29.0 Å². The van der Waals surface area contributed by atoms with Crippen molar-refractivity contribution in [3.8, 4) is 0 Å². The number of hydrogen-bond acceptors (Lipinski definition) is 1. The summed E-state index contributed by atoms with van der Waals surface area (Å²) in [5.74, 6) is -0.0972. The Bertz CT molecular complexity index is 618. The Kier molecular flexibility index (Phi) is 3.74. The standard InChI is InChI=1S/C15H12Cl2O/c1-9-6-7-11(10(2)8-9)15(18)12-4-3-5-13(16)14(12)17/h3-8H,1-2H3. The van der Waals surface area contributed by atoms with Gasteiger partial charge in [-0.25, -0.2) is 0 Å². The normalized spacial score (nSPS) is 10.4. The van der Waals surface area contributed by atoms with Crippen molar-refractivity contribution in [3.05, 3.63) is 68.7 Å². The fourth-order valence-electron chi connectivity index (χ4n) is 1.89. The van der Waals surface area contributed by atoms with E-state index in [2.05, 4.69) is 0 Å². The molecule has 0 amide bonds. The lowest BCUT2D eigenvalue weighted by Crippen LogP contribution is -2.04. The van der Waals surface area contributed by atoms with Gasteiger partial charge in [-0.2, -0.15) is 0 Å². The zero-order chi connectivity index (χ0) is 13.3. The summed E-state index contributed by atoms with van der Waals surface area (Å²) in [6.07, 6.45) is 0. The molecular formula is C15H12Cl2O. The van der Waals surface area contributed by atoms with Crippen molar-refractivity contribution in [2.75, 3.05) is 0 Å². The van der Waals surface area contributed by atoms with E-state index in [-0.39, 0.29) is 5.78 Å². The zero-order valence-corrected chi connectivity index (χ0v) is 11.6. The summed E-state index contributed by atoms with van der Waals surface area (Å²) in [5.41, 5.74) is 3.16. The fourth-order valence-corrected chi connectivity index (χ4v) is 2.28. The van der Waals surface area contributed by atoms with Crippen LogP contribution in [0.5, 0.6) is 0 Å². The first kappa shape index (κ1) is 13.1. The van der Waals surface area contributed by atoms with Crippen LogP contribution in [-0.2, 0) is 0 Å². The molecule has 0 saturated carbocycles. The number of halogens is 2. The van der Waals surface area contributed by atoms with Gasteiger partial charge in [-0.1, -0.05) is 53.0 Å². The number of aryl methyl sites for hydroxylation is 2. The summed E-state index contributed by atoms with van der Waals surface area (Å²) in [7, 11) is 0. The highest BCUT2D eigenvalue weighted by atomic mass is 35.5. The predicted octanol–water partition coefficient (Wildman–Crippen LogP) is 4.84. The van der Waals surface area contributed by atoms with Gasteiger partial charge < -0.3 is 0 Å². The van der Waals surface area contributed by atoms with Crippen LogP contribution in [-0.4, -0.2) is 5.78 Å². The highest BCUT2D eigenvalue weighted by molar-refractivity contribution is 6.44. The summed E-state index contributed by atoms with van der Waals surface area (Å²) in [6.45, 7) is 3.91. The molecular weight excluding hydrogens is 267 g/mol. The molecule has 18 heavy (non-hydrogen) atoms. The number of ketones is 1. The van der Waals surface area contributed by atoms with Crippen LogP contribution in [0, 0.1) is 13.8 Å². The fraction of sp³-hybridized carbons (Fsp3) is 0.133. The monoisotopic (exact) mass is 278 g/mol. The van der Waals surface area contributed by atoms with E-state index in [1.807, 2.05) is 32.0 Å². The molecule has 2 aromatic carbocycles. The molecule has 0 bridgehead atoms. The summed E-state index contributed by atoms with van der Waals surface area (Å²) in [4.78, 5) is 12.4. The lowest BCUT2D eigenvalue weighted by molar-refractivity contribution is 0.103. The van der Waals surface area contributed by atoms with Gasteiger partial charge >= 0.3 is 0 Å². The first-order valence-electron chi connectivity index (χ1n) is 5.56. The van der Waals surface area contributed by atoms with Crippen LogP contribution in [0.25, 0.3) is 0 Å². The molecule has 0 saturated heterocycles. The molecule has 0 N–H and O–H groups in total. The van der Waals surface area contributed by atoms with E-state index >= 15 is 0 Å². The molecule has 0 aliphatic rings. The molecule has 2 aromatic rings. The van der Waals surface area contributed by atoms with Crippen LogP contribution < -0.4 is 0 Å². The summed E-state index contributed by atoms with van der Waals surface area (Å²) < 4.78 is 0. The predicted molar refractivity (Wildman–Crippen MR) is 75.8 cm³/mol. The zero-order valence-electron chi connectivity index (χ0n) is 10.1. The van der Waals surface area contributed by atoms with Gasteiger partial charge in [0.1, 0.15) is 0 Å². The Morgan fingerprint density at radius 1 is 1.00 bits per heavy atom. The van der Waals surface area contributed by atoms with Gasteiger partial charge in [0.25, 0.3) is 0 Å². The average Bonchev–Trinajstić information content (AvgIpc) is 2.32. The molecule has 0 atom stereocenters. The average molecular weight is 279 g/mol. The molecule has 92 valence electrons. The third kappa shape index (κ3) is 2.43. The molecule has 1 nitrogen and oxygen atoms in total. The maximum atomic E-state index is 12.4. The Balaban J connectivity index is 2.51. The molecule has 0 aliphatic heterocycles. The molecule has 0 unspecified atom stereocenters. The Morgan fingerprint density at radius 3 is 2.39 bits per heavy atom. The minimum absolute atomic E-state index is 0.0972. The van der Waals surface area contributed by atoms with Crippen LogP contribution in [0.15, 0.2) is 36.4 Å². The second-order valence-corrected chi connectivity index (χ2v) is 5.03. The SMILES string of the molecule is Cc1ccc(C(=O)c2cccc(Cl)c2Cl)c(C)c1. The van der Waals surface area contributed by atoms with E-state index in [4.69, 9.17) is 23.2 Å². The second-order valence-electron chi connectivity index (χ2n) is 4.25. The third-order valence-corrected chi connectivity index (χ3v) is 3.64. The van der Waals surface area contributed by atoms with Gasteiger partial charge in [0.15, 0.2) is 5.78 Å². The minimum Gasteiger partial charge on any atom is -0.289 e. The first-order chi connectivity index (χ1) is 8.50. The van der Waals surface area contributed by atoms with Crippen molar-refractivity contribution in [3.63, 3.8) is 0 Å². The third-order valence-electron chi connectivity index (χ3n) is 2.82. The highest BCUT2D eigenvalue weighted by Crippen LogP contribution is 2.28. The van der Waals surface area contributed by atoms with E-state index in [0.717, 1.165) is 11.1 Å². The van der Waals surface area contributed by atoms with Gasteiger partial charge in [0, 0.05) is 11.1 Å². The van der Waals surface area contributed by atoms with E-state index < -0.39 is 0 Å². The van der Waals surface area contributed by atoms with Gasteiger partial charge in [-0.3, -0.25) is 4.79 Å². The first-order valence-corrected chi connectivity index (χ1v) is 6.32. The number of rotatable bonds is 2. The Labute approximate surface area is 116 Å². The number of carbonyl (C=O) groups is 1. The van der Waals surface area contributed by atoms with Crippen molar-refractivity contribution in [1.29, 1.82) is 0 Å². The Morgan fingerprint density at radius 2 is 1.72 bits per heavy atom. The maximum absolute atomic E-state index is 12.4. The quantitative estimate of drug-likeness (QED) is 0.719. The van der Waals surface area contributed by atoms with Crippen molar-refractivity contribution in [2.45, 2.75) is 13.8 Å². The van der Waals surface area contributed by atoms with Crippen LogP contribution in [0.1, 0.15) is 27.0 Å². The molecule has 0 aromatic heterocycles. The van der Waals surface area contributed by atoms with Gasteiger partial charge in [0.2, 0.25) is 0 Å². The summed E-state index contributed by atoms with van der Waals surface area (Å²) in [5, 5.41) is 0.705. The highest BCUT2D eigenvalue weighted by Gasteiger charge is 2.16. The van der Waals surface area contributed by atoms with Crippen LogP contribution in [0.3, 0.4) is 0 Å². The van der Waals surface area contributed by atoms with Gasteiger partial charge in [0.05, 0.1) is 10.0 Å². The van der Waals surface area contributed by atoms with Gasteiger partial charge in [-0.05, 0) is 31.5 Å². The van der Waals surface area contributed by atoms with Crippen LogP contribution in [0.2, 0.25) is 10.0 Å². The van der Waals surface area contributed by atoms with Crippen LogP contribution >= 0.6 is 23.2 Å². The van der Waals surface area contributed by atoms with E-state index in [1.54, 1.807) is 18.2 Å². The Hall–Kier alpha value is -1.31. The van der Waals surface area contributed by atoms with Crippen LogP contribution in [0.4, 0.5) is 0 Å². The molecule has 0 fully saturated rings. The largest absolute Gasteiger partial charge is 0.289 e.